The van der Waals surface area contributed by atoms with E-state index in [-0.39, 0.29) is 0 Å². The number of morpholine rings is 1. The van der Waals surface area contributed by atoms with Crippen LogP contribution >= 0.6 is 0 Å². The van der Waals surface area contributed by atoms with Crippen molar-refractivity contribution in [2.45, 2.75) is 40.0 Å². The molecule has 1 fully saturated rings. The minimum Gasteiger partial charge on any atom is -0.379 e. The maximum absolute atomic E-state index is 7.79. The molecule has 1 aliphatic rings. The summed E-state index contributed by atoms with van der Waals surface area (Å²) in [4.78, 5) is 3.84. The van der Waals surface area contributed by atoms with Crippen molar-refractivity contribution in [3.05, 3.63) is 0 Å². The van der Waals surface area contributed by atoms with Gasteiger partial charge in [0.1, 0.15) is 0 Å². The van der Waals surface area contributed by atoms with Crippen molar-refractivity contribution in [2.24, 2.45) is 0 Å². The second kappa shape index (κ2) is 19.4. The van der Waals surface area contributed by atoms with Gasteiger partial charge in [-0.3, -0.25) is 5.26 Å². The first-order valence-electron chi connectivity index (χ1n) is 5.96. The van der Waals surface area contributed by atoms with Crippen molar-refractivity contribution in [1.29, 1.82) is 0 Å². The average Bonchev–Trinajstić information content (AvgIpc) is 2.35. The van der Waals surface area contributed by atoms with Gasteiger partial charge in [-0.05, 0) is 6.42 Å². The van der Waals surface area contributed by atoms with Crippen molar-refractivity contribution in [1.82, 2.24) is 5.32 Å². The molecule has 0 aromatic heterocycles. The van der Waals surface area contributed by atoms with Crippen LogP contribution in [0.2, 0.25) is 0 Å². The second-order valence-corrected chi connectivity index (χ2v) is 2.90. The van der Waals surface area contributed by atoms with Crippen LogP contribution in [0.5, 0.6) is 0 Å². The Morgan fingerprint density at radius 3 is 2.07 bits per heavy atom. The third kappa shape index (κ3) is 20.0. The first-order valence-corrected chi connectivity index (χ1v) is 5.96. The van der Waals surface area contributed by atoms with Crippen molar-refractivity contribution in [3.8, 4) is 0 Å². The summed E-state index contributed by atoms with van der Waals surface area (Å²) in [5, 5.41) is 11.0. The zero-order chi connectivity index (χ0) is 11.8. The van der Waals surface area contributed by atoms with Crippen LogP contribution in [0.4, 0.5) is 0 Å². The minimum atomic E-state index is 0.480. The van der Waals surface area contributed by atoms with Gasteiger partial charge in [-0.2, -0.15) is 0 Å². The Morgan fingerprint density at radius 2 is 1.80 bits per heavy atom. The third-order valence-corrected chi connectivity index (χ3v) is 1.69. The normalized spacial score (nSPS) is 14.4. The molecule has 1 saturated heterocycles. The van der Waals surface area contributed by atoms with Crippen LogP contribution < -0.4 is 5.32 Å². The standard InChI is InChI=1S/C5H12O2.C4H9NO.C2H6/c1-2-3-4-5-7-6;1-3-6-4-2-5-1;1-2/h6H,2-5H2,1H3;5H,1-4H2;1-2H3. The lowest BCUT2D eigenvalue weighted by Crippen LogP contribution is -2.30. The Hall–Kier alpha value is -0.160. The van der Waals surface area contributed by atoms with Gasteiger partial charge in [0.25, 0.3) is 0 Å². The van der Waals surface area contributed by atoms with Gasteiger partial charge < -0.3 is 10.1 Å². The largest absolute Gasteiger partial charge is 0.379 e. The summed E-state index contributed by atoms with van der Waals surface area (Å²) < 4.78 is 5.01. The molecular weight excluding hydrogens is 194 g/mol. The Morgan fingerprint density at radius 1 is 1.20 bits per heavy atom. The van der Waals surface area contributed by atoms with Crippen LogP contribution in [0, 0.1) is 0 Å². The fourth-order valence-corrected chi connectivity index (χ4v) is 0.932. The number of unbranched alkanes of at least 4 members (excludes halogenated alkanes) is 2. The molecule has 4 heteroatoms. The fourth-order valence-electron chi connectivity index (χ4n) is 0.932. The second-order valence-electron chi connectivity index (χ2n) is 2.90. The Balaban J connectivity index is 0. The summed E-state index contributed by atoms with van der Waals surface area (Å²) in [5.41, 5.74) is 0. The topological polar surface area (TPSA) is 50.7 Å². The molecule has 94 valence electrons. The summed E-state index contributed by atoms with van der Waals surface area (Å²) in [6.45, 7) is 10.4. The number of ether oxygens (including phenoxy) is 1. The number of hydrogen-bond acceptors (Lipinski definition) is 4. The molecule has 15 heavy (non-hydrogen) atoms. The summed E-state index contributed by atoms with van der Waals surface area (Å²) in [6, 6.07) is 0. The molecule has 0 unspecified atom stereocenters. The molecule has 0 radical (unpaired) electrons. The van der Waals surface area contributed by atoms with Gasteiger partial charge in [-0.15, -0.1) is 0 Å². The molecule has 0 spiro atoms. The minimum absolute atomic E-state index is 0.480. The smallest absolute Gasteiger partial charge is 0.0819 e. The molecule has 1 aliphatic heterocycles. The lowest BCUT2D eigenvalue weighted by atomic mass is 10.3. The summed E-state index contributed by atoms with van der Waals surface area (Å²) >= 11 is 0. The molecule has 0 aromatic rings. The molecule has 0 saturated carbocycles. The molecule has 1 rings (SSSR count). The van der Waals surface area contributed by atoms with E-state index in [1.54, 1.807) is 0 Å². The molecule has 0 aromatic carbocycles. The highest BCUT2D eigenvalue weighted by Crippen LogP contribution is 1.91. The van der Waals surface area contributed by atoms with E-state index in [1.165, 1.54) is 6.42 Å². The van der Waals surface area contributed by atoms with Crippen LogP contribution in [0.15, 0.2) is 0 Å². The predicted molar refractivity (Wildman–Crippen MR) is 63.1 cm³/mol. The summed E-state index contributed by atoms with van der Waals surface area (Å²) in [6.07, 6.45) is 3.27. The number of hydrogen-bond donors (Lipinski definition) is 2. The highest BCUT2D eigenvalue weighted by molar-refractivity contribution is 4.49. The number of nitrogens with one attached hydrogen (secondary N) is 1. The van der Waals surface area contributed by atoms with E-state index in [0.717, 1.165) is 39.1 Å². The summed E-state index contributed by atoms with van der Waals surface area (Å²) in [7, 11) is 0. The van der Waals surface area contributed by atoms with Gasteiger partial charge in [0.2, 0.25) is 0 Å². The zero-order valence-corrected chi connectivity index (χ0v) is 10.4. The van der Waals surface area contributed by atoms with Gasteiger partial charge >= 0.3 is 0 Å². The average molecular weight is 221 g/mol. The van der Waals surface area contributed by atoms with Crippen LogP contribution in [-0.2, 0) is 9.62 Å². The summed E-state index contributed by atoms with van der Waals surface area (Å²) in [5.74, 6) is 0. The molecular formula is C11H27NO3. The molecule has 1 heterocycles. The van der Waals surface area contributed by atoms with E-state index >= 15 is 0 Å². The zero-order valence-electron chi connectivity index (χ0n) is 10.4. The molecule has 2 N–H and O–H groups in total. The highest BCUT2D eigenvalue weighted by atomic mass is 17.1. The van der Waals surface area contributed by atoms with E-state index in [1.807, 2.05) is 13.8 Å². The fraction of sp³-hybridized carbons (Fsp3) is 1.00. The van der Waals surface area contributed by atoms with E-state index in [0.29, 0.717) is 6.61 Å². The predicted octanol–water partition coefficient (Wildman–Crippen LogP) is 2.30. The Labute approximate surface area is 93.9 Å². The quantitative estimate of drug-likeness (QED) is 0.434. The number of rotatable bonds is 4. The van der Waals surface area contributed by atoms with Crippen molar-refractivity contribution >= 4 is 0 Å². The van der Waals surface area contributed by atoms with Crippen molar-refractivity contribution in [3.63, 3.8) is 0 Å². The van der Waals surface area contributed by atoms with Crippen LogP contribution in [0.3, 0.4) is 0 Å². The van der Waals surface area contributed by atoms with E-state index in [4.69, 9.17) is 9.99 Å². The molecule has 0 bridgehead atoms. The van der Waals surface area contributed by atoms with Crippen molar-refractivity contribution in [2.75, 3.05) is 32.9 Å². The highest BCUT2D eigenvalue weighted by Gasteiger charge is 1.92. The maximum atomic E-state index is 7.79. The van der Waals surface area contributed by atoms with E-state index in [9.17, 15) is 0 Å². The SMILES string of the molecule is C1COCCN1.CC.CCCCCOO. The van der Waals surface area contributed by atoms with Crippen LogP contribution in [0.1, 0.15) is 40.0 Å². The van der Waals surface area contributed by atoms with Crippen molar-refractivity contribution < 1.29 is 14.9 Å². The third-order valence-electron chi connectivity index (χ3n) is 1.69. The van der Waals surface area contributed by atoms with Gasteiger partial charge in [-0.1, -0.05) is 33.6 Å². The monoisotopic (exact) mass is 221 g/mol. The van der Waals surface area contributed by atoms with Gasteiger partial charge in [0.15, 0.2) is 0 Å². The van der Waals surface area contributed by atoms with Gasteiger partial charge in [-0.25, -0.2) is 4.89 Å². The Kier molecular flexibility index (Phi) is 22.3. The van der Waals surface area contributed by atoms with Crippen LogP contribution in [0.25, 0.3) is 0 Å². The van der Waals surface area contributed by atoms with Gasteiger partial charge in [0, 0.05) is 13.1 Å². The molecule has 4 nitrogen and oxygen atoms in total. The first-order chi connectivity index (χ1) is 7.41. The lowest BCUT2D eigenvalue weighted by Gasteiger charge is -2.10. The molecule has 0 aliphatic carbocycles. The van der Waals surface area contributed by atoms with E-state index < -0.39 is 0 Å². The molecule has 0 atom stereocenters. The van der Waals surface area contributed by atoms with E-state index in [2.05, 4.69) is 17.1 Å². The first kappa shape index (κ1) is 17.2. The lowest BCUT2D eigenvalue weighted by molar-refractivity contribution is -0.242. The Bertz CT molecular complexity index is 72.4. The molecule has 0 amide bonds. The maximum Gasteiger partial charge on any atom is 0.0819 e. The van der Waals surface area contributed by atoms with Crippen LogP contribution in [-0.4, -0.2) is 38.2 Å². The van der Waals surface area contributed by atoms with Gasteiger partial charge in [0.05, 0.1) is 19.8 Å².